The van der Waals surface area contributed by atoms with Crippen molar-refractivity contribution in [2.75, 3.05) is 27.1 Å². The fourth-order valence-electron chi connectivity index (χ4n) is 1.19. The van der Waals surface area contributed by atoms with Crippen LogP contribution >= 0.6 is 0 Å². The molecular weight excluding hydrogens is 220 g/mol. The van der Waals surface area contributed by atoms with Crippen LogP contribution in [-0.2, 0) is 18.9 Å². The first kappa shape index (κ1) is 16.4. The molecule has 4 nitrogen and oxygen atoms in total. The van der Waals surface area contributed by atoms with Crippen LogP contribution in [0.4, 0.5) is 0 Å². The van der Waals surface area contributed by atoms with Gasteiger partial charge in [-0.2, -0.15) is 0 Å². The van der Waals surface area contributed by atoms with Gasteiger partial charge in [-0.05, 0) is 25.3 Å². The molecule has 0 aromatic heterocycles. The minimum absolute atomic E-state index is 0.0954. The lowest BCUT2D eigenvalue weighted by Gasteiger charge is -2.17. The fraction of sp³-hybridized carbons (Fsp3) is 0.846. The van der Waals surface area contributed by atoms with Gasteiger partial charge in [0.05, 0.1) is 6.26 Å². The molecule has 0 N–H and O–H groups in total. The summed E-state index contributed by atoms with van der Waals surface area (Å²) in [5, 5.41) is 0. The maximum absolute atomic E-state index is 5.60. The van der Waals surface area contributed by atoms with Crippen LogP contribution in [0.15, 0.2) is 12.3 Å². The van der Waals surface area contributed by atoms with Gasteiger partial charge in [-0.25, -0.2) is 0 Å². The van der Waals surface area contributed by atoms with Crippen molar-refractivity contribution in [3.05, 3.63) is 12.3 Å². The second kappa shape index (κ2) is 13.5. The molecule has 0 saturated carbocycles. The third kappa shape index (κ3) is 11.7. The van der Waals surface area contributed by atoms with E-state index in [1.165, 1.54) is 0 Å². The van der Waals surface area contributed by atoms with E-state index < -0.39 is 0 Å². The lowest BCUT2D eigenvalue weighted by molar-refractivity contribution is -0.145. The fourth-order valence-corrected chi connectivity index (χ4v) is 1.19. The van der Waals surface area contributed by atoms with E-state index in [9.17, 15) is 0 Å². The van der Waals surface area contributed by atoms with E-state index in [-0.39, 0.29) is 6.29 Å². The van der Waals surface area contributed by atoms with Crippen molar-refractivity contribution in [2.24, 2.45) is 0 Å². The number of hydrogen-bond donors (Lipinski definition) is 0. The predicted octanol–water partition coefficient (Wildman–Crippen LogP) is 3.08. The highest BCUT2D eigenvalue weighted by molar-refractivity contribution is 4.73. The first-order valence-electron chi connectivity index (χ1n) is 6.33. The molecule has 0 heterocycles. The third-order valence-electron chi connectivity index (χ3n) is 1.96. The average Bonchev–Trinajstić information content (AvgIpc) is 2.35. The minimum Gasteiger partial charge on any atom is -0.476 e. The normalized spacial score (nSPS) is 11.5. The Morgan fingerprint density at radius 1 is 1.06 bits per heavy atom. The number of ether oxygens (including phenoxy) is 4. The van der Waals surface area contributed by atoms with Gasteiger partial charge in [0.1, 0.15) is 0 Å². The molecule has 0 fully saturated rings. The van der Waals surface area contributed by atoms with Crippen molar-refractivity contribution < 1.29 is 18.9 Å². The highest BCUT2D eigenvalue weighted by atomic mass is 16.7. The van der Waals surface area contributed by atoms with Crippen LogP contribution in [0.2, 0.25) is 0 Å². The molecule has 0 aliphatic heterocycles. The molecule has 17 heavy (non-hydrogen) atoms. The highest BCUT2D eigenvalue weighted by Gasteiger charge is 2.06. The van der Waals surface area contributed by atoms with Crippen LogP contribution in [0.5, 0.6) is 0 Å². The summed E-state index contributed by atoms with van der Waals surface area (Å²) in [6.07, 6.45) is 7.27. The second-order valence-corrected chi connectivity index (χ2v) is 3.69. The lowest BCUT2D eigenvalue weighted by Crippen LogP contribution is -2.18. The first-order chi connectivity index (χ1) is 8.35. The third-order valence-corrected chi connectivity index (χ3v) is 1.96. The summed E-state index contributed by atoms with van der Waals surface area (Å²) in [5.74, 6) is 0. The van der Waals surface area contributed by atoms with E-state index in [0.29, 0.717) is 6.79 Å². The maximum atomic E-state index is 5.60. The van der Waals surface area contributed by atoms with Gasteiger partial charge in [0.2, 0.25) is 0 Å². The SMILES string of the molecule is CCCOC(CCC=COCOC)OCCC. The number of hydrogen-bond acceptors (Lipinski definition) is 4. The topological polar surface area (TPSA) is 36.9 Å². The molecule has 0 atom stereocenters. The quantitative estimate of drug-likeness (QED) is 0.301. The zero-order valence-corrected chi connectivity index (χ0v) is 11.3. The van der Waals surface area contributed by atoms with Gasteiger partial charge in [0.25, 0.3) is 0 Å². The number of rotatable bonds is 12. The predicted molar refractivity (Wildman–Crippen MR) is 67.6 cm³/mol. The van der Waals surface area contributed by atoms with Gasteiger partial charge in [-0.1, -0.05) is 13.8 Å². The summed E-state index contributed by atoms with van der Waals surface area (Å²) in [6.45, 7) is 5.97. The van der Waals surface area contributed by atoms with Gasteiger partial charge >= 0.3 is 0 Å². The monoisotopic (exact) mass is 246 g/mol. The number of methoxy groups -OCH3 is 1. The zero-order chi connectivity index (χ0) is 12.8. The first-order valence-corrected chi connectivity index (χ1v) is 6.33. The van der Waals surface area contributed by atoms with E-state index in [0.717, 1.165) is 38.9 Å². The Morgan fingerprint density at radius 2 is 1.71 bits per heavy atom. The van der Waals surface area contributed by atoms with Crippen molar-refractivity contribution in [1.82, 2.24) is 0 Å². The molecule has 0 aliphatic rings. The molecule has 0 aromatic rings. The van der Waals surface area contributed by atoms with Crippen LogP contribution in [-0.4, -0.2) is 33.4 Å². The molecular formula is C13H26O4. The van der Waals surface area contributed by atoms with Crippen molar-refractivity contribution in [3.63, 3.8) is 0 Å². The van der Waals surface area contributed by atoms with E-state index in [4.69, 9.17) is 18.9 Å². The van der Waals surface area contributed by atoms with E-state index >= 15 is 0 Å². The van der Waals surface area contributed by atoms with Crippen molar-refractivity contribution in [3.8, 4) is 0 Å². The van der Waals surface area contributed by atoms with Crippen LogP contribution in [0.3, 0.4) is 0 Å². The Morgan fingerprint density at radius 3 is 2.24 bits per heavy atom. The highest BCUT2D eigenvalue weighted by Crippen LogP contribution is 2.06. The summed E-state index contributed by atoms with van der Waals surface area (Å²) in [4.78, 5) is 0. The molecule has 102 valence electrons. The van der Waals surface area contributed by atoms with E-state index in [1.54, 1.807) is 13.4 Å². The molecule has 0 aliphatic carbocycles. The summed E-state index contributed by atoms with van der Waals surface area (Å²) in [5.41, 5.74) is 0. The molecule has 0 unspecified atom stereocenters. The van der Waals surface area contributed by atoms with E-state index in [2.05, 4.69) is 13.8 Å². The molecule has 0 radical (unpaired) electrons. The summed E-state index contributed by atoms with van der Waals surface area (Å²) in [6, 6.07) is 0. The second-order valence-electron chi connectivity index (χ2n) is 3.69. The van der Waals surface area contributed by atoms with Crippen LogP contribution in [0, 0.1) is 0 Å². The smallest absolute Gasteiger partial charge is 0.187 e. The number of allylic oxidation sites excluding steroid dienone is 1. The average molecular weight is 246 g/mol. The lowest BCUT2D eigenvalue weighted by atomic mass is 10.3. The maximum Gasteiger partial charge on any atom is 0.187 e. The van der Waals surface area contributed by atoms with Crippen molar-refractivity contribution in [1.29, 1.82) is 0 Å². The zero-order valence-electron chi connectivity index (χ0n) is 11.3. The van der Waals surface area contributed by atoms with Gasteiger partial charge in [0, 0.05) is 26.7 Å². The molecule has 0 spiro atoms. The van der Waals surface area contributed by atoms with Crippen LogP contribution in [0.1, 0.15) is 39.5 Å². The van der Waals surface area contributed by atoms with Gasteiger partial charge in [-0.3, -0.25) is 0 Å². The molecule has 0 rings (SSSR count). The largest absolute Gasteiger partial charge is 0.476 e. The van der Waals surface area contributed by atoms with Gasteiger partial charge < -0.3 is 18.9 Å². The standard InChI is InChI=1S/C13H26O4/c1-4-9-16-13(17-10-5-2)8-6-7-11-15-12-14-3/h7,11,13H,4-6,8-10,12H2,1-3H3. The summed E-state index contributed by atoms with van der Waals surface area (Å²) in [7, 11) is 1.60. The Bertz CT molecular complexity index is 163. The summed E-state index contributed by atoms with van der Waals surface area (Å²) >= 11 is 0. The van der Waals surface area contributed by atoms with Crippen molar-refractivity contribution in [2.45, 2.75) is 45.8 Å². The molecule has 0 saturated heterocycles. The Hall–Kier alpha value is -0.580. The van der Waals surface area contributed by atoms with Gasteiger partial charge in [-0.15, -0.1) is 0 Å². The van der Waals surface area contributed by atoms with Crippen LogP contribution < -0.4 is 0 Å². The Kier molecular flexibility index (Phi) is 13.0. The Balaban J connectivity index is 3.62. The van der Waals surface area contributed by atoms with Gasteiger partial charge in [0.15, 0.2) is 13.1 Å². The molecule has 0 aromatic carbocycles. The van der Waals surface area contributed by atoms with Crippen molar-refractivity contribution >= 4 is 0 Å². The van der Waals surface area contributed by atoms with E-state index in [1.807, 2.05) is 6.08 Å². The molecule has 0 amide bonds. The minimum atomic E-state index is -0.0954. The Labute approximate surface area is 105 Å². The van der Waals surface area contributed by atoms with Crippen LogP contribution in [0.25, 0.3) is 0 Å². The molecule has 0 bridgehead atoms. The summed E-state index contributed by atoms with van der Waals surface area (Å²) < 4.78 is 21.0. The molecule has 4 heteroatoms.